The van der Waals surface area contributed by atoms with Crippen LogP contribution in [0, 0.1) is 0 Å². The lowest BCUT2D eigenvalue weighted by Gasteiger charge is -2.16. The number of hydrogen-bond donors (Lipinski definition) is 3. The topological polar surface area (TPSA) is 102 Å². The van der Waals surface area contributed by atoms with Gasteiger partial charge in [0.1, 0.15) is 17.5 Å². The summed E-state index contributed by atoms with van der Waals surface area (Å²) in [7, 11) is 0. The smallest absolute Gasteiger partial charge is 0.222 e. The van der Waals surface area contributed by atoms with Gasteiger partial charge in [-0.05, 0) is 25.1 Å². The lowest BCUT2D eigenvalue weighted by atomic mass is 10.1. The van der Waals surface area contributed by atoms with Crippen molar-refractivity contribution in [3.8, 4) is 16.3 Å². The second kappa shape index (κ2) is 9.60. The third kappa shape index (κ3) is 4.72. The maximum Gasteiger partial charge on any atom is 0.222 e. The summed E-state index contributed by atoms with van der Waals surface area (Å²) < 4.78 is 8.19. The number of imidazole rings is 1. The molecule has 1 amide bonds. The molecular formula is C23H23ClN4O3S. The van der Waals surface area contributed by atoms with Crippen LogP contribution >= 0.6 is 22.9 Å². The molecule has 32 heavy (non-hydrogen) atoms. The normalized spacial score (nSPS) is 12.1. The lowest BCUT2D eigenvalue weighted by molar-refractivity contribution is -0.117. The van der Waals surface area contributed by atoms with Gasteiger partial charge in [0.15, 0.2) is 0 Å². The highest BCUT2D eigenvalue weighted by atomic mass is 35.5. The fourth-order valence-electron chi connectivity index (χ4n) is 3.45. The predicted molar refractivity (Wildman–Crippen MR) is 127 cm³/mol. The van der Waals surface area contributed by atoms with Crippen molar-refractivity contribution in [3.05, 3.63) is 70.3 Å². The molecule has 0 saturated heterocycles. The molecule has 1 aromatic carbocycles. The molecular weight excluding hydrogens is 448 g/mol. The van der Waals surface area contributed by atoms with Crippen LogP contribution in [0.5, 0.6) is 5.75 Å². The van der Waals surface area contributed by atoms with E-state index in [1.165, 1.54) is 11.3 Å². The molecule has 0 aliphatic carbocycles. The van der Waals surface area contributed by atoms with E-state index in [0.29, 0.717) is 17.3 Å². The van der Waals surface area contributed by atoms with Gasteiger partial charge in [0, 0.05) is 29.4 Å². The van der Waals surface area contributed by atoms with E-state index in [-0.39, 0.29) is 19.1 Å². The minimum absolute atomic E-state index is 0.0422. The molecule has 0 spiro atoms. The van der Waals surface area contributed by atoms with Crippen molar-refractivity contribution in [2.24, 2.45) is 5.73 Å². The highest BCUT2D eigenvalue weighted by molar-refractivity contribution is 7.15. The molecule has 3 heterocycles. The molecule has 0 saturated carbocycles. The van der Waals surface area contributed by atoms with E-state index in [0.717, 1.165) is 32.3 Å². The molecule has 9 heteroatoms. The minimum Gasteiger partial charge on any atom is -0.485 e. The number of rotatable bonds is 9. The second-order valence-electron chi connectivity index (χ2n) is 7.26. The number of carbonyl (C=O) groups is 1. The van der Waals surface area contributed by atoms with Crippen LogP contribution in [0.2, 0.25) is 5.02 Å². The Balaban J connectivity index is 1.70. The van der Waals surface area contributed by atoms with Crippen LogP contribution in [0.15, 0.2) is 54.9 Å². The van der Waals surface area contributed by atoms with Gasteiger partial charge in [-0.15, -0.1) is 11.3 Å². The molecule has 3 aromatic heterocycles. The van der Waals surface area contributed by atoms with Crippen molar-refractivity contribution in [1.82, 2.24) is 9.38 Å². The molecule has 0 fully saturated rings. The SMILES string of the molecule is CC(Oc1cc(-c2cnc3ccc(NCCO)cn23)sc1CC(N)=O)c1ccccc1Cl. The van der Waals surface area contributed by atoms with Crippen molar-refractivity contribution in [2.75, 3.05) is 18.5 Å². The number of benzene rings is 1. The minimum atomic E-state index is -0.428. The molecule has 0 bridgehead atoms. The quantitative estimate of drug-likeness (QED) is 0.338. The lowest BCUT2D eigenvalue weighted by Crippen LogP contribution is -2.13. The van der Waals surface area contributed by atoms with Crippen LogP contribution in [0.3, 0.4) is 0 Å². The number of aliphatic hydroxyl groups is 1. The Labute approximate surface area is 194 Å². The molecule has 1 atom stereocenters. The van der Waals surface area contributed by atoms with E-state index < -0.39 is 5.91 Å². The van der Waals surface area contributed by atoms with Gasteiger partial charge in [0.05, 0.1) is 40.4 Å². The van der Waals surface area contributed by atoms with E-state index in [2.05, 4.69) is 10.3 Å². The van der Waals surface area contributed by atoms with Crippen LogP contribution in [0.4, 0.5) is 5.69 Å². The molecule has 0 aliphatic heterocycles. The summed E-state index contributed by atoms with van der Waals surface area (Å²) in [4.78, 5) is 17.8. The van der Waals surface area contributed by atoms with Crippen molar-refractivity contribution in [1.29, 1.82) is 0 Å². The Kier molecular flexibility index (Phi) is 6.64. The summed E-state index contributed by atoms with van der Waals surface area (Å²) in [5.41, 5.74) is 8.86. The van der Waals surface area contributed by atoms with Gasteiger partial charge in [-0.3, -0.25) is 9.20 Å². The largest absolute Gasteiger partial charge is 0.485 e. The number of hydrogen-bond acceptors (Lipinski definition) is 6. The first-order valence-corrected chi connectivity index (χ1v) is 11.3. The van der Waals surface area contributed by atoms with Crippen LogP contribution < -0.4 is 15.8 Å². The van der Waals surface area contributed by atoms with Gasteiger partial charge in [-0.2, -0.15) is 0 Å². The first kappa shape index (κ1) is 22.1. The number of anilines is 1. The highest BCUT2D eigenvalue weighted by Gasteiger charge is 2.20. The van der Waals surface area contributed by atoms with Gasteiger partial charge in [0.2, 0.25) is 5.91 Å². The van der Waals surface area contributed by atoms with Gasteiger partial charge >= 0.3 is 0 Å². The van der Waals surface area contributed by atoms with Crippen molar-refractivity contribution >= 4 is 40.2 Å². The van der Waals surface area contributed by atoms with E-state index in [9.17, 15) is 4.79 Å². The molecule has 4 rings (SSSR count). The summed E-state index contributed by atoms with van der Waals surface area (Å²) in [6, 6.07) is 13.2. The number of thiophene rings is 1. The number of ether oxygens (including phenoxy) is 1. The number of nitrogens with zero attached hydrogens (tertiary/aromatic N) is 2. The van der Waals surface area contributed by atoms with E-state index in [1.54, 1.807) is 6.20 Å². The Morgan fingerprint density at radius 2 is 2.16 bits per heavy atom. The van der Waals surface area contributed by atoms with Crippen LogP contribution in [-0.4, -0.2) is 33.6 Å². The number of carbonyl (C=O) groups excluding carboxylic acids is 1. The van der Waals surface area contributed by atoms with Crippen molar-refractivity contribution in [2.45, 2.75) is 19.4 Å². The number of aliphatic hydroxyl groups excluding tert-OH is 1. The first-order valence-electron chi connectivity index (χ1n) is 10.1. The fraction of sp³-hybridized carbons (Fsp3) is 0.217. The number of aromatic nitrogens is 2. The number of fused-ring (bicyclic) bond motifs is 1. The van der Waals surface area contributed by atoms with Gasteiger partial charge in [-0.1, -0.05) is 29.8 Å². The fourth-order valence-corrected chi connectivity index (χ4v) is 4.84. The number of nitrogens with two attached hydrogens (primary N) is 1. The monoisotopic (exact) mass is 470 g/mol. The molecule has 4 aromatic rings. The molecule has 1 unspecified atom stereocenters. The second-order valence-corrected chi connectivity index (χ2v) is 8.81. The third-order valence-electron chi connectivity index (χ3n) is 4.95. The Morgan fingerprint density at radius 3 is 2.91 bits per heavy atom. The van der Waals surface area contributed by atoms with E-state index in [4.69, 9.17) is 27.2 Å². The zero-order valence-corrected chi connectivity index (χ0v) is 19.0. The number of halogens is 1. The summed E-state index contributed by atoms with van der Waals surface area (Å²) in [6.07, 6.45) is 3.48. The van der Waals surface area contributed by atoms with Gasteiger partial charge < -0.3 is 20.9 Å². The summed E-state index contributed by atoms with van der Waals surface area (Å²) in [6.45, 7) is 2.41. The summed E-state index contributed by atoms with van der Waals surface area (Å²) in [5, 5.41) is 12.8. The number of nitrogens with one attached hydrogen (secondary N) is 1. The summed E-state index contributed by atoms with van der Waals surface area (Å²) in [5.74, 6) is 0.169. The van der Waals surface area contributed by atoms with E-state index >= 15 is 0 Å². The predicted octanol–water partition coefficient (Wildman–Crippen LogP) is 4.29. The first-order chi connectivity index (χ1) is 15.5. The maximum absolute atomic E-state index is 11.7. The molecule has 4 N–H and O–H groups in total. The molecule has 7 nitrogen and oxygen atoms in total. The zero-order valence-electron chi connectivity index (χ0n) is 17.4. The third-order valence-corrected chi connectivity index (χ3v) is 6.43. The van der Waals surface area contributed by atoms with Gasteiger partial charge in [-0.25, -0.2) is 4.98 Å². The molecule has 0 radical (unpaired) electrons. The van der Waals surface area contributed by atoms with E-state index in [1.807, 2.05) is 60.0 Å². The number of primary amides is 1. The average molecular weight is 471 g/mol. The molecule has 166 valence electrons. The standard InChI is InChI=1S/C23H23ClN4O3S/c1-14(16-4-2-3-5-17(16)24)31-19-10-20(32-21(19)11-22(25)30)18-12-27-23-7-6-15(13-28(18)23)26-8-9-29/h2-7,10,12-14,26,29H,8-9,11H2,1H3,(H2,25,30). The Morgan fingerprint density at radius 1 is 1.34 bits per heavy atom. The highest BCUT2D eigenvalue weighted by Crippen LogP contribution is 2.39. The van der Waals surface area contributed by atoms with Crippen molar-refractivity contribution in [3.63, 3.8) is 0 Å². The van der Waals surface area contributed by atoms with Crippen LogP contribution in [0.1, 0.15) is 23.5 Å². The van der Waals surface area contributed by atoms with Crippen LogP contribution in [0.25, 0.3) is 16.2 Å². The Hall–Kier alpha value is -3.07. The summed E-state index contributed by atoms with van der Waals surface area (Å²) >= 11 is 7.77. The number of amides is 1. The van der Waals surface area contributed by atoms with Crippen LogP contribution in [-0.2, 0) is 11.2 Å². The maximum atomic E-state index is 11.7. The molecule has 0 aliphatic rings. The van der Waals surface area contributed by atoms with Gasteiger partial charge in [0.25, 0.3) is 0 Å². The Bertz CT molecular complexity index is 1250. The number of pyridine rings is 1. The van der Waals surface area contributed by atoms with Crippen molar-refractivity contribution < 1.29 is 14.6 Å². The average Bonchev–Trinajstić information content (AvgIpc) is 3.35. The zero-order chi connectivity index (χ0) is 22.7.